The van der Waals surface area contributed by atoms with Gasteiger partial charge in [0.15, 0.2) is 25.5 Å². The Bertz CT molecular complexity index is 639. The van der Waals surface area contributed by atoms with Gasteiger partial charge in [-0.3, -0.25) is 4.79 Å². The second-order valence-corrected chi connectivity index (χ2v) is 9.51. The monoisotopic (exact) mass is 332 g/mol. The summed E-state index contributed by atoms with van der Waals surface area (Å²) in [6, 6.07) is 7.68. The van der Waals surface area contributed by atoms with Gasteiger partial charge in [0.1, 0.15) is 0 Å². The van der Waals surface area contributed by atoms with Crippen molar-refractivity contribution in [2.75, 3.05) is 11.5 Å². The van der Waals surface area contributed by atoms with Crippen molar-refractivity contribution in [1.82, 2.24) is 0 Å². The molecule has 0 aliphatic rings. The number of carbonyl (C=O) groups is 1. The summed E-state index contributed by atoms with van der Waals surface area (Å²) in [5.74, 6) is -1.50. The Kier molecular flexibility index (Phi) is 6.10. The SMILES string of the molecule is CCCS(=O)(=O)C(C(=O)c1ccccc1)S(=O)(=O)CCC. The van der Waals surface area contributed by atoms with Crippen molar-refractivity contribution in [2.45, 2.75) is 31.3 Å². The maximum absolute atomic E-state index is 12.4. The fourth-order valence-electron chi connectivity index (χ4n) is 2.07. The molecule has 0 bridgehead atoms. The molecular formula is C14H20O5S2. The molecular weight excluding hydrogens is 312 g/mol. The van der Waals surface area contributed by atoms with E-state index in [1.165, 1.54) is 12.1 Å². The van der Waals surface area contributed by atoms with E-state index in [1.807, 2.05) is 0 Å². The van der Waals surface area contributed by atoms with Gasteiger partial charge in [0.25, 0.3) is 0 Å². The first-order valence-electron chi connectivity index (χ1n) is 6.78. The van der Waals surface area contributed by atoms with E-state index in [9.17, 15) is 21.6 Å². The zero-order valence-corrected chi connectivity index (χ0v) is 13.8. The van der Waals surface area contributed by atoms with E-state index in [2.05, 4.69) is 0 Å². The number of ketones is 1. The van der Waals surface area contributed by atoms with Crippen LogP contribution in [0.5, 0.6) is 0 Å². The first-order chi connectivity index (χ1) is 9.76. The Hall–Kier alpha value is -1.21. The molecule has 0 spiro atoms. The molecule has 1 aromatic carbocycles. The number of sulfone groups is 2. The summed E-state index contributed by atoms with van der Waals surface area (Å²) in [7, 11) is -8.07. The highest BCUT2D eigenvalue weighted by Gasteiger charge is 2.42. The molecule has 0 saturated carbocycles. The van der Waals surface area contributed by atoms with E-state index in [0.717, 1.165) is 0 Å². The fraction of sp³-hybridized carbons (Fsp3) is 0.500. The molecule has 0 amide bonds. The standard InChI is InChI=1S/C14H20O5S2/c1-3-10-20(16,17)14(21(18,19)11-4-2)13(15)12-8-6-5-7-9-12/h5-9,14H,3-4,10-11H2,1-2H3. The third-order valence-electron chi connectivity index (χ3n) is 2.90. The molecule has 0 aromatic heterocycles. The Balaban J connectivity index is 3.37. The molecule has 21 heavy (non-hydrogen) atoms. The topological polar surface area (TPSA) is 85.3 Å². The normalized spacial score (nSPS) is 12.5. The van der Waals surface area contributed by atoms with Crippen molar-refractivity contribution in [2.24, 2.45) is 0 Å². The molecule has 0 aliphatic heterocycles. The predicted molar refractivity (Wildman–Crippen MR) is 82.7 cm³/mol. The highest BCUT2D eigenvalue weighted by Crippen LogP contribution is 2.19. The molecule has 0 saturated heterocycles. The smallest absolute Gasteiger partial charge is 0.225 e. The molecule has 0 unspecified atom stereocenters. The number of rotatable bonds is 8. The lowest BCUT2D eigenvalue weighted by Gasteiger charge is -2.16. The summed E-state index contributed by atoms with van der Waals surface area (Å²) in [4.78, 5) is 12.4. The minimum atomic E-state index is -4.04. The van der Waals surface area contributed by atoms with Gasteiger partial charge in [-0.2, -0.15) is 0 Å². The van der Waals surface area contributed by atoms with Crippen molar-refractivity contribution in [3.63, 3.8) is 0 Å². The van der Waals surface area contributed by atoms with Gasteiger partial charge in [0, 0.05) is 5.56 Å². The molecule has 1 rings (SSSR count). The van der Waals surface area contributed by atoms with E-state index >= 15 is 0 Å². The van der Waals surface area contributed by atoms with E-state index < -0.39 is 30.0 Å². The van der Waals surface area contributed by atoms with Gasteiger partial charge >= 0.3 is 0 Å². The largest absolute Gasteiger partial charge is 0.292 e. The van der Waals surface area contributed by atoms with Gasteiger partial charge in [0.05, 0.1) is 11.5 Å². The maximum Gasteiger partial charge on any atom is 0.225 e. The summed E-state index contributed by atoms with van der Waals surface area (Å²) >= 11 is 0. The lowest BCUT2D eigenvalue weighted by Crippen LogP contribution is -2.40. The van der Waals surface area contributed by atoms with E-state index in [0.29, 0.717) is 0 Å². The van der Waals surface area contributed by atoms with Gasteiger partial charge in [-0.25, -0.2) is 16.8 Å². The molecule has 0 fully saturated rings. The molecule has 0 atom stereocenters. The van der Waals surface area contributed by atoms with Gasteiger partial charge in [-0.05, 0) is 12.8 Å². The minimum absolute atomic E-state index is 0.0989. The summed E-state index contributed by atoms with van der Waals surface area (Å²) < 4.78 is 47.1. The molecule has 118 valence electrons. The van der Waals surface area contributed by atoms with E-state index in [4.69, 9.17) is 0 Å². The third kappa shape index (κ3) is 4.38. The van der Waals surface area contributed by atoms with Crippen LogP contribution in [0.3, 0.4) is 0 Å². The first kappa shape index (κ1) is 17.8. The van der Waals surface area contributed by atoms with Crippen LogP contribution in [0.1, 0.15) is 37.0 Å². The summed E-state index contributed by atoms with van der Waals surface area (Å²) in [5.41, 5.74) is 0.0989. The van der Waals surface area contributed by atoms with Gasteiger partial charge < -0.3 is 0 Å². The average molecular weight is 332 g/mol. The number of benzene rings is 1. The number of carbonyl (C=O) groups excluding carboxylic acids is 1. The van der Waals surface area contributed by atoms with Crippen molar-refractivity contribution >= 4 is 25.5 Å². The van der Waals surface area contributed by atoms with Crippen molar-refractivity contribution in [3.05, 3.63) is 35.9 Å². The maximum atomic E-state index is 12.4. The van der Waals surface area contributed by atoms with Crippen molar-refractivity contribution in [3.8, 4) is 0 Å². The Morgan fingerprint density at radius 2 is 1.33 bits per heavy atom. The quantitative estimate of drug-likeness (QED) is 0.678. The first-order valence-corrected chi connectivity index (χ1v) is 10.2. The minimum Gasteiger partial charge on any atom is -0.292 e. The highest BCUT2D eigenvalue weighted by atomic mass is 32.3. The van der Waals surface area contributed by atoms with Crippen molar-refractivity contribution < 1.29 is 21.6 Å². The van der Waals surface area contributed by atoms with Gasteiger partial charge in [-0.1, -0.05) is 44.2 Å². The van der Waals surface area contributed by atoms with Crippen LogP contribution in [0.2, 0.25) is 0 Å². The van der Waals surface area contributed by atoms with Gasteiger partial charge in [0.2, 0.25) is 4.58 Å². The lowest BCUT2D eigenvalue weighted by molar-refractivity contribution is 0.101. The predicted octanol–water partition coefficient (Wildman–Crippen LogP) is 1.85. The molecule has 0 N–H and O–H groups in total. The van der Waals surface area contributed by atoms with Crippen LogP contribution in [0.15, 0.2) is 30.3 Å². The Labute approximate surface area is 126 Å². The second-order valence-electron chi connectivity index (χ2n) is 4.80. The zero-order valence-electron chi connectivity index (χ0n) is 12.2. The van der Waals surface area contributed by atoms with Crippen LogP contribution in [-0.2, 0) is 19.7 Å². The molecule has 5 nitrogen and oxygen atoms in total. The van der Waals surface area contributed by atoms with Crippen LogP contribution in [-0.4, -0.2) is 38.7 Å². The van der Waals surface area contributed by atoms with Crippen LogP contribution in [0.25, 0.3) is 0 Å². The highest BCUT2D eigenvalue weighted by molar-refractivity contribution is 8.10. The zero-order chi connectivity index (χ0) is 16.1. The van der Waals surface area contributed by atoms with E-state index in [1.54, 1.807) is 32.0 Å². The summed E-state index contributed by atoms with van der Waals surface area (Å²) in [6.45, 7) is 3.27. The third-order valence-corrected chi connectivity index (χ3v) is 8.35. The lowest BCUT2D eigenvalue weighted by atomic mass is 10.1. The fourth-order valence-corrected chi connectivity index (χ4v) is 6.93. The molecule has 7 heteroatoms. The molecule has 1 aromatic rings. The van der Waals surface area contributed by atoms with Crippen LogP contribution < -0.4 is 0 Å². The average Bonchev–Trinajstić information content (AvgIpc) is 2.38. The van der Waals surface area contributed by atoms with Gasteiger partial charge in [-0.15, -0.1) is 0 Å². The van der Waals surface area contributed by atoms with E-state index in [-0.39, 0.29) is 29.9 Å². The Morgan fingerprint density at radius 3 is 1.71 bits per heavy atom. The number of Topliss-reactive ketones (excluding diaryl/α,β-unsaturated/α-hetero) is 1. The molecule has 0 aliphatic carbocycles. The van der Waals surface area contributed by atoms with Crippen molar-refractivity contribution in [1.29, 1.82) is 0 Å². The van der Waals surface area contributed by atoms with Crippen LogP contribution in [0.4, 0.5) is 0 Å². The number of hydrogen-bond acceptors (Lipinski definition) is 5. The summed E-state index contributed by atoms with van der Waals surface area (Å²) in [5, 5.41) is 0. The van der Waals surface area contributed by atoms with Crippen LogP contribution in [0, 0.1) is 0 Å². The second kappa shape index (κ2) is 7.17. The molecule has 0 radical (unpaired) electrons. The molecule has 0 heterocycles. The Morgan fingerprint density at radius 1 is 0.905 bits per heavy atom. The van der Waals surface area contributed by atoms with Crippen LogP contribution >= 0.6 is 0 Å². The number of hydrogen-bond donors (Lipinski definition) is 0. The summed E-state index contributed by atoms with van der Waals surface area (Å²) in [6.07, 6.45) is 0.533.